The van der Waals surface area contributed by atoms with Gasteiger partial charge in [0.05, 0.1) is 6.04 Å². The standard InChI is InChI=1S/C9H14N2S/c1-6-5-12-9(11-6)8(10-2)7-3-4-7/h5,7-8,10H,3-4H2,1-2H3. The Morgan fingerprint density at radius 2 is 2.42 bits per heavy atom. The molecule has 0 radical (unpaired) electrons. The molecule has 1 N–H and O–H groups in total. The number of rotatable bonds is 3. The van der Waals surface area contributed by atoms with Crippen molar-refractivity contribution in [2.24, 2.45) is 5.92 Å². The van der Waals surface area contributed by atoms with Gasteiger partial charge in [0, 0.05) is 11.1 Å². The van der Waals surface area contributed by atoms with Crippen molar-refractivity contribution in [1.29, 1.82) is 0 Å². The maximum Gasteiger partial charge on any atom is 0.110 e. The van der Waals surface area contributed by atoms with E-state index in [1.165, 1.54) is 17.8 Å². The fourth-order valence-corrected chi connectivity index (χ4v) is 2.50. The van der Waals surface area contributed by atoms with Gasteiger partial charge in [-0.05, 0) is 32.7 Å². The summed E-state index contributed by atoms with van der Waals surface area (Å²) in [6.45, 7) is 2.06. The van der Waals surface area contributed by atoms with Crippen molar-refractivity contribution in [3.8, 4) is 0 Å². The number of nitrogens with zero attached hydrogens (tertiary/aromatic N) is 1. The summed E-state index contributed by atoms with van der Waals surface area (Å²) in [6, 6.07) is 0.517. The predicted octanol–water partition coefficient (Wildman–Crippen LogP) is 2.12. The molecule has 1 fully saturated rings. The van der Waals surface area contributed by atoms with Gasteiger partial charge in [-0.3, -0.25) is 0 Å². The Bertz CT molecular complexity index is 265. The highest BCUT2D eigenvalue weighted by Gasteiger charge is 2.32. The molecule has 1 aliphatic carbocycles. The van der Waals surface area contributed by atoms with E-state index in [0.717, 1.165) is 11.6 Å². The van der Waals surface area contributed by atoms with E-state index in [1.807, 2.05) is 7.05 Å². The monoisotopic (exact) mass is 182 g/mol. The van der Waals surface area contributed by atoms with E-state index in [-0.39, 0.29) is 0 Å². The van der Waals surface area contributed by atoms with Crippen LogP contribution >= 0.6 is 11.3 Å². The molecule has 1 saturated carbocycles. The Morgan fingerprint density at radius 3 is 2.83 bits per heavy atom. The minimum Gasteiger partial charge on any atom is -0.311 e. The Hall–Kier alpha value is -0.410. The zero-order chi connectivity index (χ0) is 8.55. The van der Waals surface area contributed by atoms with Crippen LogP contribution in [0.25, 0.3) is 0 Å². The van der Waals surface area contributed by atoms with Crippen LogP contribution in [-0.4, -0.2) is 12.0 Å². The van der Waals surface area contributed by atoms with Crippen LogP contribution in [0.4, 0.5) is 0 Å². The van der Waals surface area contributed by atoms with Gasteiger partial charge in [-0.2, -0.15) is 0 Å². The molecule has 2 rings (SSSR count). The van der Waals surface area contributed by atoms with Gasteiger partial charge in [-0.25, -0.2) is 4.98 Å². The van der Waals surface area contributed by atoms with Crippen molar-refractivity contribution in [3.63, 3.8) is 0 Å². The van der Waals surface area contributed by atoms with Gasteiger partial charge in [0.1, 0.15) is 5.01 Å². The Balaban J connectivity index is 2.15. The molecule has 0 bridgehead atoms. The number of nitrogens with one attached hydrogen (secondary N) is 1. The van der Waals surface area contributed by atoms with Gasteiger partial charge in [0.15, 0.2) is 0 Å². The van der Waals surface area contributed by atoms with Gasteiger partial charge in [0.25, 0.3) is 0 Å². The SMILES string of the molecule is CNC(c1nc(C)cs1)C1CC1. The minimum atomic E-state index is 0.517. The summed E-state index contributed by atoms with van der Waals surface area (Å²) in [4.78, 5) is 4.50. The van der Waals surface area contributed by atoms with Crippen LogP contribution in [0.2, 0.25) is 0 Å². The molecule has 1 unspecified atom stereocenters. The Kier molecular flexibility index (Phi) is 2.15. The van der Waals surface area contributed by atoms with E-state index in [0.29, 0.717) is 6.04 Å². The first-order chi connectivity index (χ1) is 5.81. The molecule has 1 atom stereocenters. The fourth-order valence-electron chi connectivity index (χ4n) is 1.51. The third kappa shape index (κ3) is 1.52. The number of hydrogen-bond donors (Lipinski definition) is 1. The first-order valence-electron chi connectivity index (χ1n) is 4.40. The third-order valence-corrected chi connectivity index (χ3v) is 3.35. The lowest BCUT2D eigenvalue weighted by molar-refractivity contribution is 0.525. The van der Waals surface area contributed by atoms with E-state index in [2.05, 4.69) is 22.6 Å². The average molecular weight is 182 g/mol. The maximum absolute atomic E-state index is 4.50. The minimum absolute atomic E-state index is 0.517. The van der Waals surface area contributed by atoms with Crippen molar-refractivity contribution in [1.82, 2.24) is 10.3 Å². The van der Waals surface area contributed by atoms with Crippen molar-refractivity contribution in [2.75, 3.05) is 7.05 Å². The highest BCUT2D eigenvalue weighted by molar-refractivity contribution is 7.09. The van der Waals surface area contributed by atoms with Crippen LogP contribution < -0.4 is 5.32 Å². The summed E-state index contributed by atoms with van der Waals surface area (Å²) in [5.41, 5.74) is 1.15. The van der Waals surface area contributed by atoms with Gasteiger partial charge in [-0.1, -0.05) is 0 Å². The summed E-state index contributed by atoms with van der Waals surface area (Å²) in [7, 11) is 2.03. The van der Waals surface area contributed by atoms with Crippen LogP contribution in [0.3, 0.4) is 0 Å². The molecule has 0 saturated heterocycles. The molecule has 12 heavy (non-hydrogen) atoms. The van der Waals surface area contributed by atoms with Gasteiger partial charge in [-0.15, -0.1) is 11.3 Å². The molecule has 0 spiro atoms. The topological polar surface area (TPSA) is 24.9 Å². The second-order valence-corrected chi connectivity index (χ2v) is 4.32. The summed E-state index contributed by atoms with van der Waals surface area (Å²) < 4.78 is 0. The lowest BCUT2D eigenvalue weighted by Gasteiger charge is -2.10. The Morgan fingerprint density at radius 1 is 1.67 bits per heavy atom. The molecule has 1 aromatic rings. The molecule has 1 aliphatic rings. The zero-order valence-electron chi connectivity index (χ0n) is 7.50. The van der Waals surface area contributed by atoms with E-state index in [9.17, 15) is 0 Å². The second-order valence-electron chi connectivity index (χ2n) is 3.43. The summed E-state index contributed by atoms with van der Waals surface area (Å²) in [5, 5.41) is 6.73. The number of aryl methyl sites for hydroxylation is 1. The van der Waals surface area contributed by atoms with Crippen molar-refractivity contribution in [3.05, 3.63) is 16.1 Å². The van der Waals surface area contributed by atoms with E-state index in [1.54, 1.807) is 11.3 Å². The van der Waals surface area contributed by atoms with Gasteiger partial charge >= 0.3 is 0 Å². The van der Waals surface area contributed by atoms with Gasteiger partial charge in [0.2, 0.25) is 0 Å². The molecule has 66 valence electrons. The number of thiazole rings is 1. The number of aromatic nitrogens is 1. The normalized spacial score (nSPS) is 19.5. The molecular weight excluding hydrogens is 168 g/mol. The first-order valence-corrected chi connectivity index (χ1v) is 5.28. The largest absolute Gasteiger partial charge is 0.311 e. The second kappa shape index (κ2) is 3.15. The maximum atomic E-state index is 4.50. The molecule has 1 aromatic heterocycles. The molecule has 0 aromatic carbocycles. The fraction of sp³-hybridized carbons (Fsp3) is 0.667. The first kappa shape index (κ1) is 8.20. The molecule has 0 aliphatic heterocycles. The molecule has 3 heteroatoms. The summed E-state index contributed by atoms with van der Waals surface area (Å²) >= 11 is 1.78. The summed E-state index contributed by atoms with van der Waals surface area (Å²) in [5.74, 6) is 0.848. The van der Waals surface area contributed by atoms with Crippen LogP contribution in [0.15, 0.2) is 5.38 Å². The van der Waals surface area contributed by atoms with Crippen molar-refractivity contribution >= 4 is 11.3 Å². The molecule has 0 amide bonds. The van der Waals surface area contributed by atoms with Crippen molar-refractivity contribution in [2.45, 2.75) is 25.8 Å². The lowest BCUT2D eigenvalue weighted by atomic mass is 10.2. The predicted molar refractivity (Wildman–Crippen MR) is 51.4 cm³/mol. The van der Waals surface area contributed by atoms with Crippen LogP contribution in [0.1, 0.15) is 29.6 Å². The van der Waals surface area contributed by atoms with Crippen LogP contribution in [-0.2, 0) is 0 Å². The smallest absolute Gasteiger partial charge is 0.110 e. The quantitative estimate of drug-likeness (QED) is 0.774. The Labute approximate surface area is 77.0 Å². The van der Waals surface area contributed by atoms with Crippen molar-refractivity contribution < 1.29 is 0 Å². The molecule has 1 heterocycles. The van der Waals surface area contributed by atoms with E-state index < -0.39 is 0 Å². The number of hydrogen-bond acceptors (Lipinski definition) is 3. The third-order valence-electron chi connectivity index (χ3n) is 2.31. The van der Waals surface area contributed by atoms with Crippen LogP contribution in [0, 0.1) is 12.8 Å². The molecular formula is C9H14N2S. The van der Waals surface area contributed by atoms with E-state index >= 15 is 0 Å². The average Bonchev–Trinajstić information content (AvgIpc) is 2.78. The van der Waals surface area contributed by atoms with Gasteiger partial charge < -0.3 is 5.32 Å². The molecule has 2 nitrogen and oxygen atoms in total. The highest BCUT2D eigenvalue weighted by Crippen LogP contribution is 2.41. The lowest BCUT2D eigenvalue weighted by Crippen LogP contribution is -2.17. The zero-order valence-corrected chi connectivity index (χ0v) is 8.32. The summed E-state index contributed by atoms with van der Waals surface area (Å²) in [6.07, 6.45) is 2.73. The highest BCUT2D eigenvalue weighted by atomic mass is 32.1. The van der Waals surface area contributed by atoms with E-state index in [4.69, 9.17) is 0 Å². The van der Waals surface area contributed by atoms with Crippen LogP contribution in [0.5, 0.6) is 0 Å².